The van der Waals surface area contributed by atoms with Crippen LogP contribution in [0, 0.1) is 0 Å². The first-order valence-electron chi connectivity index (χ1n) is 8.29. The summed E-state index contributed by atoms with van der Waals surface area (Å²) < 4.78 is 16.2. The van der Waals surface area contributed by atoms with Crippen LogP contribution in [0.15, 0.2) is 36.4 Å². The Labute approximate surface area is 148 Å². The third-order valence-corrected chi connectivity index (χ3v) is 4.78. The molecule has 0 saturated carbocycles. The lowest BCUT2D eigenvalue weighted by molar-refractivity contribution is 0.0674. The molecule has 3 rings (SSSR count). The molecule has 1 heterocycles. The Hall–Kier alpha value is -2.69. The molecule has 2 aromatic carbocycles. The molecule has 25 heavy (non-hydrogen) atoms. The lowest BCUT2D eigenvalue weighted by Gasteiger charge is -2.36. The van der Waals surface area contributed by atoms with Crippen LogP contribution in [0.2, 0.25) is 0 Å². The quantitative estimate of drug-likeness (QED) is 0.854. The van der Waals surface area contributed by atoms with Crippen LogP contribution in [0.4, 0.5) is 0 Å². The molecule has 0 aliphatic carbocycles. The molecule has 0 bridgehead atoms. The van der Waals surface area contributed by atoms with Crippen molar-refractivity contribution in [1.29, 1.82) is 0 Å². The van der Waals surface area contributed by atoms with Crippen LogP contribution in [-0.4, -0.2) is 38.7 Å². The molecule has 0 saturated heterocycles. The summed E-state index contributed by atoms with van der Waals surface area (Å²) in [5.41, 5.74) is 2.86. The van der Waals surface area contributed by atoms with Gasteiger partial charge in [-0.25, -0.2) is 0 Å². The summed E-state index contributed by atoms with van der Waals surface area (Å²) in [6.45, 7) is 2.69. The number of benzene rings is 2. The molecular formula is C20H23NO4. The maximum atomic E-state index is 13.1. The first-order chi connectivity index (χ1) is 12.1. The molecule has 5 heteroatoms. The van der Waals surface area contributed by atoms with E-state index in [-0.39, 0.29) is 11.9 Å². The van der Waals surface area contributed by atoms with Gasteiger partial charge in [-0.2, -0.15) is 0 Å². The Morgan fingerprint density at radius 2 is 1.64 bits per heavy atom. The molecular weight excluding hydrogens is 318 g/mol. The summed E-state index contributed by atoms with van der Waals surface area (Å²) in [6, 6.07) is 11.3. The smallest absolute Gasteiger partial charge is 0.258 e. The van der Waals surface area contributed by atoms with E-state index in [1.165, 1.54) is 5.56 Å². The van der Waals surface area contributed by atoms with E-state index in [1.54, 1.807) is 27.4 Å². The van der Waals surface area contributed by atoms with Gasteiger partial charge in [-0.05, 0) is 48.7 Å². The predicted molar refractivity (Wildman–Crippen MR) is 95.7 cm³/mol. The van der Waals surface area contributed by atoms with Gasteiger partial charge in [-0.1, -0.05) is 12.1 Å². The Bertz CT molecular complexity index is 787. The number of para-hydroxylation sites is 1. The van der Waals surface area contributed by atoms with Crippen molar-refractivity contribution in [3.63, 3.8) is 0 Å². The molecule has 0 radical (unpaired) electrons. The highest BCUT2D eigenvalue weighted by atomic mass is 16.5. The maximum Gasteiger partial charge on any atom is 0.258 e. The fourth-order valence-corrected chi connectivity index (χ4v) is 3.40. The average Bonchev–Trinajstić information content (AvgIpc) is 2.66. The lowest BCUT2D eigenvalue weighted by Crippen LogP contribution is -2.39. The molecule has 1 unspecified atom stereocenters. The van der Waals surface area contributed by atoms with E-state index in [4.69, 9.17) is 14.2 Å². The Morgan fingerprint density at radius 3 is 2.32 bits per heavy atom. The van der Waals surface area contributed by atoms with Crippen molar-refractivity contribution in [2.45, 2.75) is 19.4 Å². The van der Waals surface area contributed by atoms with Crippen LogP contribution in [-0.2, 0) is 6.42 Å². The van der Waals surface area contributed by atoms with Gasteiger partial charge in [0.25, 0.3) is 5.91 Å². The number of hydrogen-bond donors (Lipinski definition) is 0. The largest absolute Gasteiger partial charge is 0.496 e. The normalized spacial score (nSPS) is 16.2. The lowest BCUT2D eigenvalue weighted by atomic mass is 9.92. The third kappa shape index (κ3) is 3.02. The van der Waals surface area contributed by atoms with Gasteiger partial charge < -0.3 is 19.1 Å². The van der Waals surface area contributed by atoms with Crippen LogP contribution in [0.1, 0.15) is 34.5 Å². The van der Waals surface area contributed by atoms with Crippen molar-refractivity contribution in [3.8, 4) is 17.2 Å². The first-order valence-corrected chi connectivity index (χ1v) is 8.29. The van der Waals surface area contributed by atoms with Crippen molar-refractivity contribution < 1.29 is 19.0 Å². The molecule has 5 nitrogen and oxygen atoms in total. The van der Waals surface area contributed by atoms with Crippen molar-refractivity contribution >= 4 is 5.91 Å². The Morgan fingerprint density at radius 1 is 1.00 bits per heavy atom. The molecule has 1 amide bonds. The van der Waals surface area contributed by atoms with Gasteiger partial charge in [-0.15, -0.1) is 0 Å². The maximum absolute atomic E-state index is 13.1. The SMILES string of the molecule is COc1cc2c(cc1OC)C(C)N(C(=O)c1ccccc1OC)CC2. The number of amides is 1. The second-order valence-electron chi connectivity index (χ2n) is 6.03. The van der Waals surface area contributed by atoms with Crippen LogP contribution in [0.3, 0.4) is 0 Å². The monoisotopic (exact) mass is 341 g/mol. The van der Waals surface area contributed by atoms with E-state index >= 15 is 0 Å². The number of carbonyl (C=O) groups excluding carboxylic acids is 1. The van der Waals surface area contributed by atoms with Crippen LogP contribution < -0.4 is 14.2 Å². The molecule has 1 aliphatic rings. The number of methoxy groups -OCH3 is 3. The number of carbonyl (C=O) groups is 1. The minimum absolute atomic E-state index is 0.0228. The van der Waals surface area contributed by atoms with Crippen molar-refractivity contribution in [3.05, 3.63) is 53.1 Å². The minimum atomic E-state index is -0.0547. The molecule has 1 atom stereocenters. The second kappa shape index (κ2) is 7.05. The fourth-order valence-electron chi connectivity index (χ4n) is 3.40. The van der Waals surface area contributed by atoms with Gasteiger partial charge in [0.2, 0.25) is 0 Å². The molecule has 2 aromatic rings. The zero-order valence-electron chi connectivity index (χ0n) is 15.0. The minimum Gasteiger partial charge on any atom is -0.496 e. The van der Waals surface area contributed by atoms with Gasteiger partial charge >= 0.3 is 0 Å². The number of fused-ring (bicyclic) bond motifs is 1. The number of ether oxygens (including phenoxy) is 3. The number of hydrogen-bond acceptors (Lipinski definition) is 4. The van der Waals surface area contributed by atoms with E-state index in [0.717, 1.165) is 17.7 Å². The van der Waals surface area contributed by atoms with Crippen molar-refractivity contribution in [2.24, 2.45) is 0 Å². The van der Waals surface area contributed by atoms with Crippen molar-refractivity contribution in [1.82, 2.24) is 4.90 Å². The molecule has 1 aliphatic heterocycles. The van der Waals surface area contributed by atoms with Gasteiger partial charge in [0.1, 0.15) is 5.75 Å². The van der Waals surface area contributed by atoms with E-state index in [2.05, 4.69) is 0 Å². The van der Waals surface area contributed by atoms with Crippen molar-refractivity contribution in [2.75, 3.05) is 27.9 Å². The Balaban J connectivity index is 1.96. The molecule has 132 valence electrons. The molecule has 0 spiro atoms. The standard InChI is InChI=1S/C20H23NO4/c1-13-16-12-19(25-4)18(24-3)11-14(16)9-10-21(13)20(22)15-7-5-6-8-17(15)23-2/h5-8,11-13H,9-10H2,1-4H3. The van der Waals surface area contributed by atoms with E-state index in [9.17, 15) is 4.79 Å². The van der Waals surface area contributed by atoms with E-state index in [0.29, 0.717) is 23.6 Å². The molecule has 0 aromatic heterocycles. The summed E-state index contributed by atoms with van der Waals surface area (Å²) in [4.78, 5) is 14.9. The Kier molecular flexibility index (Phi) is 4.83. The van der Waals surface area contributed by atoms with Crippen LogP contribution in [0.25, 0.3) is 0 Å². The van der Waals surface area contributed by atoms with Gasteiger partial charge in [0, 0.05) is 6.54 Å². The van der Waals surface area contributed by atoms with E-state index < -0.39 is 0 Å². The number of rotatable bonds is 4. The zero-order valence-corrected chi connectivity index (χ0v) is 15.0. The topological polar surface area (TPSA) is 48.0 Å². The molecule has 0 fully saturated rings. The molecule has 0 N–H and O–H groups in total. The highest BCUT2D eigenvalue weighted by molar-refractivity contribution is 5.97. The highest BCUT2D eigenvalue weighted by Crippen LogP contribution is 2.38. The number of nitrogens with zero attached hydrogens (tertiary/aromatic N) is 1. The third-order valence-electron chi connectivity index (χ3n) is 4.78. The fraction of sp³-hybridized carbons (Fsp3) is 0.350. The van der Waals surface area contributed by atoms with Crippen LogP contribution >= 0.6 is 0 Å². The van der Waals surface area contributed by atoms with Gasteiger partial charge in [-0.3, -0.25) is 4.79 Å². The predicted octanol–water partition coefficient (Wildman–Crippen LogP) is 3.47. The summed E-state index contributed by atoms with van der Waals surface area (Å²) in [6.07, 6.45) is 0.779. The zero-order chi connectivity index (χ0) is 18.0. The van der Waals surface area contributed by atoms with Gasteiger partial charge in [0.05, 0.1) is 32.9 Å². The highest BCUT2D eigenvalue weighted by Gasteiger charge is 2.30. The summed E-state index contributed by atoms with van der Waals surface area (Å²) in [5.74, 6) is 1.97. The van der Waals surface area contributed by atoms with Crippen LogP contribution in [0.5, 0.6) is 17.2 Å². The summed E-state index contributed by atoms with van der Waals surface area (Å²) in [5, 5.41) is 0. The summed E-state index contributed by atoms with van der Waals surface area (Å²) in [7, 11) is 4.84. The first kappa shape index (κ1) is 17.1. The van der Waals surface area contributed by atoms with E-state index in [1.807, 2.05) is 42.2 Å². The average molecular weight is 341 g/mol. The second-order valence-corrected chi connectivity index (χ2v) is 6.03. The van der Waals surface area contributed by atoms with Gasteiger partial charge in [0.15, 0.2) is 11.5 Å². The summed E-state index contributed by atoms with van der Waals surface area (Å²) >= 11 is 0.